The Labute approximate surface area is 125 Å². The Bertz CT molecular complexity index is 490. The van der Waals surface area contributed by atoms with Crippen LogP contribution in [0.1, 0.15) is 69.6 Å². The normalized spacial score (nSPS) is 23.5. The van der Waals surface area contributed by atoms with E-state index in [-0.39, 0.29) is 17.9 Å². The molecular weight excluding hydrogens is 268 g/mol. The summed E-state index contributed by atoms with van der Waals surface area (Å²) >= 11 is 0. The van der Waals surface area contributed by atoms with Gasteiger partial charge in [0.05, 0.1) is 0 Å². The lowest BCUT2D eigenvalue weighted by atomic mass is 10.0. The third-order valence-electron chi connectivity index (χ3n) is 4.24. The molecule has 21 heavy (non-hydrogen) atoms. The number of nitrogens with one attached hydrogen (secondary N) is 2. The van der Waals surface area contributed by atoms with Crippen LogP contribution in [0.4, 0.5) is 0 Å². The van der Waals surface area contributed by atoms with E-state index in [4.69, 9.17) is 4.52 Å². The second-order valence-electron chi connectivity index (χ2n) is 6.55. The van der Waals surface area contributed by atoms with Crippen molar-refractivity contribution in [3.8, 4) is 0 Å². The van der Waals surface area contributed by atoms with Gasteiger partial charge in [0.25, 0.3) is 0 Å². The molecule has 1 aliphatic carbocycles. The van der Waals surface area contributed by atoms with Crippen LogP contribution in [0.25, 0.3) is 0 Å². The fourth-order valence-electron chi connectivity index (χ4n) is 2.78. The van der Waals surface area contributed by atoms with Crippen LogP contribution >= 0.6 is 0 Å². The molecule has 1 aromatic rings. The molecule has 0 spiro atoms. The Morgan fingerprint density at radius 1 is 1.43 bits per heavy atom. The van der Waals surface area contributed by atoms with Gasteiger partial charge < -0.3 is 15.2 Å². The van der Waals surface area contributed by atoms with Crippen molar-refractivity contribution < 1.29 is 9.32 Å². The third kappa shape index (κ3) is 3.61. The van der Waals surface area contributed by atoms with Gasteiger partial charge in [0.1, 0.15) is 6.04 Å². The van der Waals surface area contributed by atoms with Crippen molar-refractivity contribution in [3.05, 3.63) is 11.7 Å². The largest absolute Gasteiger partial charge is 0.344 e. The molecule has 2 unspecified atom stereocenters. The molecule has 2 atom stereocenters. The molecule has 1 saturated heterocycles. The number of nitrogens with zero attached hydrogens (tertiary/aromatic N) is 2. The van der Waals surface area contributed by atoms with Crippen LogP contribution in [0.2, 0.25) is 0 Å². The number of amides is 1. The lowest BCUT2D eigenvalue weighted by Gasteiger charge is -2.19. The summed E-state index contributed by atoms with van der Waals surface area (Å²) in [5, 5.41) is 10.4. The van der Waals surface area contributed by atoms with E-state index in [1.807, 2.05) is 0 Å². The summed E-state index contributed by atoms with van der Waals surface area (Å²) in [6.07, 6.45) is 5.04. The van der Waals surface area contributed by atoms with E-state index in [0.717, 1.165) is 38.1 Å². The van der Waals surface area contributed by atoms with Crippen molar-refractivity contribution in [1.29, 1.82) is 0 Å². The van der Waals surface area contributed by atoms with Gasteiger partial charge in [0.15, 0.2) is 5.82 Å². The molecule has 1 saturated carbocycles. The Kier molecular flexibility index (Phi) is 4.24. The highest BCUT2D eigenvalue weighted by atomic mass is 16.5. The number of carbonyl (C=O) groups is 1. The first-order chi connectivity index (χ1) is 10.1. The van der Waals surface area contributed by atoms with Gasteiger partial charge in [-0.05, 0) is 38.1 Å². The summed E-state index contributed by atoms with van der Waals surface area (Å²) in [6, 6.07) is 0.112. The van der Waals surface area contributed by atoms with E-state index < -0.39 is 0 Å². The predicted molar refractivity (Wildman–Crippen MR) is 77.6 cm³/mol. The van der Waals surface area contributed by atoms with Gasteiger partial charge in [-0.1, -0.05) is 19.0 Å². The minimum Gasteiger partial charge on any atom is -0.344 e. The second kappa shape index (κ2) is 6.13. The van der Waals surface area contributed by atoms with Gasteiger partial charge in [-0.25, -0.2) is 0 Å². The first kappa shape index (κ1) is 14.5. The SMILES string of the molecule is CC(C)C(NC(=O)CC1CCCN1)c1nc(C2CC2)no1. The van der Waals surface area contributed by atoms with Gasteiger partial charge in [0, 0.05) is 18.4 Å². The number of carbonyl (C=O) groups excluding carboxylic acids is 1. The van der Waals surface area contributed by atoms with Crippen LogP contribution in [-0.2, 0) is 4.79 Å². The molecule has 2 N–H and O–H groups in total. The molecule has 0 bridgehead atoms. The van der Waals surface area contributed by atoms with Crippen LogP contribution in [0.5, 0.6) is 0 Å². The zero-order chi connectivity index (χ0) is 14.8. The van der Waals surface area contributed by atoms with Crippen molar-refractivity contribution in [1.82, 2.24) is 20.8 Å². The Hall–Kier alpha value is -1.43. The summed E-state index contributed by atoms with van der Waals surface area (Å²) in [6.45, 7) is 5.12. The lowest BCUT2D eigenvalue weighted by molar-refractivity contribution is -0.122. The Morgan fingerprint density at radius 2 is 2.24 bits per heavy atom. The summed E-state index contributed by atoms with van der Waals surface area (Å²) in [7, 11) is 0. The molecule has 3 rings (SSSR count). The summed E-state index contributed by atoms with van der Waals surface area (Å²) in [5.74, 6) is 2.08. The topological polar surface area (TPSA) is 80.0 Å². The Balaban J connectivity index is 1.61. The Morgan fingerprint density at radius 3 is 2.86 bits per heavy atom. The van der Waals surface area contributed by atoms with Gasteiger partial charge in [-0.3, -0.25) is 4.79 Å². The molecule has 0 aromatic carbocycles. The maximum absolute atomic E-state index is 12.2. The van der Waals surface area contributed by atoms with Crippen molar-refractivity contribution in [3.63, 3.8) is 0 Å². The fourth-order valence-corrected chi connectivity index (χ4v) is 2.78. The summed E-state index contributed by atoms with van der Waals surface area (Å²) in [5.41, 5.74) is 0. The molecule has 0 radical (unpaired) electrons. The molecule has 1 aromatic heterocycles. The molecule has 2 heterocycles. The van der Waals surface area contributed by atoms with Gasteiger partial charge >= 0.3 is 0 Å². The van der Waals surface area contributed by atoms with Gasteiger partial charge in [0.2, 0.25) is 11.8 Å². The van der Waals surface area contributed by atoms with E-state index in [2.05, 4.69) is 34.6 Å². The lowest BCUT2D eigenvalue weighted by Crippen LogP contribution is -2.36. The number of hydrogen-bond donors (Lipinski definition) is 2. The smallest absolute Gasteiger partial charge is 0.249 e. The van der Waals surface area contributed by atoms with Crippen molar-refractivity contribution in [2.45, 2.75) is 64.0 Å². The minimum absolute atomic E-state index is 0.0549. The van der Waals surface area contributed by atoms with E-state index in [9.17, 15) is 4.79 Å². The average molecular weight is 292 g/mol. The third-order valence-corrected chi connectivity index (χ3v) is 4.24. The predicted octanol–water partition coefficient (Wildman–Crippen LogP) is 1.90. The first-order valence-corrected chi connectivity index (χ1v) is 7.99. The van der Waals surface area contributed by atoms with Crippen molar-refractivity contribution in [2.75, 3.05) is 6.54 Å². The minimum atomic E-state index is -0.195. The van der Waals surface area contributed by atoms with E-state index >= 15 is 0 Å². The van der Waals surface area contributed by atoms with Crippen LogP contribution in [0.3, 0.4) is 0 Å². The molecule has 2 aliphatic rings. The van der Waals surface area contributed by atoms with E-state index in [1.165, 1.54) is 0 Å². The zero-order valence-corrected chi connectivity index (χ0v) is 12.8. The molecule has 1 aliphatic heterocycles. The van der Waals surface area contributed by atoms with Crippen molar-refractivity contribution in [2.24, 2.45) is 5.92 Å². The standard InChI is InChI=1S/C15H24N4O2/c1-9(2)13(15-18-14(19-21-15)10-5-6-10)17-12(20)8-11-4-3-7-16-11/h9-11,13,16H,3-8H2,1-2H3,(H,17,20). The molecule has 2 fully saturated rings. The second-order valence-corrected chi connectivity index (χ2v) is 6.55. The number of aromatic nitrogens is 2. The average Bonchev–Trinajstić information content (AvgIpc) is 2.97. The molecule has 1 amide bonds. The monoisotopic (exact) mass is 292 g/mol. The van der Waals surface area contributed by atoms with E-state index in [0.29, 0.717) is 24.3 Å². The molecular formula is C15H24N4O2. The van der Waals surface area contributed by atoms with Gasteiger partial charge in [-0.2, -0.15) is 4.98 Å². The number of rotatable bonds is 6. The van der Waals surface area contributed by atoms with Crippen LogP contribution in [-0.4, -0.2) is 28.6 Å². The van der Waals surface area contributed by atoms with Crippen LogP contribution in [0.15, 0.2) is 4.52 Å². The number of hydrogen-bond acceptors (Lipinski definition) is 5. The first-order valence-electron chi connectivity index (χ1n) is 7.99. The van der Waals surface area contributed by atoms with E-state index in [1.54, 1.807) is 0 Å². The van der Waals surface area contributed by atoms with Crippen molar-refractivity contribution >= 4 is 5.91 Å². The molecule has 6 nitrogen and oxygen atoms in total. The fraction of sp³-hybridized carbons (Fsp3) is 0.800. The highest BCUT2D eigenvalue weighted by molar-refractivity contribution is 5.77. The highest BCUT2D eigenvalue weighted by Gasteiger charge is 2.32. The maximum Gasteiger partial charge on any atom is 0.249 e. The van der Waals surface area contributed by atoms with Gasteiger partial charge in [-0.15, -0.1) is 0 Å². The summed E-state index contributed by atoms with van der Waals surface area (Å²) < 4.78 is 5.37. The molecule has 6 heteroatoms. The zero-order valence-electron chi connectivity index (χ0n) is 12.8. The highest BCUT2D eigenvalue weighted by Crippen LogP contribution is 2.38. The van der Waals surface area contributed by atoms with Crippen LogP contribution < -0.4 is 10.6 Å². The van der Waals surface area contributed by atoms with Crippen LogP contribution in [0, 0.1) is 5.92 Å². The quantitative estimate of drug-likeness (QED) is 0.837. The summed E-state index contributed by atoms with van der Waals surface area (Å²) in [4.78, 5) is 16.7. The molecule has 116 valence electrons. The maximum atomic E-state index is 12.2.